The second-order valence-corrected chi connectivity index (χ2v) is 3.51. The molecule has 4 heteroatoms. The Bertz CT molecular complexity index is 418. The first-order valence-electron chi connectivity index (χ1n) is 4.33. The predicted molar refractivity (Wildman–Crippen MR) is 66.1 cm³/mol. The van der Waals surface area contributed by atoms with E-state index in [2.05, 4.69) is 32.0 Å². The standard InChI is InChI=1S/C11H11BrN2O/c1-14(2)10-5-3-4-9(8-10)13-11(15)6-7-12/h3-5,8H,1-2H3,(H,13,15). The molecule has 0 unspecified atom stereocenters. The van der Waals surface area contributed by atoms with Crippen molar-refractivity contribution in [3.8, 4) is 10.8 Å². The molecule has 3 nitrogen and oxygen atoms in total. The number of carbonyl (C=O) groups excluding carboxylic acids is 1. The Morgan fingerprint density at radius 2 is 2.20 bits per heavy atom. The Morgan fingerprint density at radius 3 is 2.80 bits per heavy atom. The van der Waals surface area contributed by atoms with Crippen LogP contribution in [0.3, 0.4) is 0 Å². The smallest absolute Gasteiger partial charge is 0.301 e. The summed E-state index contributed by atoms with van der Waals surface area (Å²) in [7, 11) is 3.89. The normalized spacial score (nSPS) is 8.73. The van der Waals surface area contributed by atoms with Crippen molar-refractivity contribution in [1.82, 2.24) is 0 Å². The van der Waals surface area contributed by atoms with E-state index in [4.69, 9.17) is 0 Å². The highest BCUT2D eigenvalue weighted by atomic mass is 79.9. The first kappa shape index (κ1) is 11.6. The molecule has 0 aromatic heterocycles. The maximum absolute atomic E-state index is 11.2. The van der Waals surface area contributed by atoms with Gasteiger partial charge in [-0.05, 0) is 23.0 Å². The van der Waals surface area contributed by atoms with Gasteiger partial charge in [0.15, 0.2) is 0 Å². The van der Waals surface area contributed by atoms with Crippen LogP contribution in [0.4, 0.5) is 11.4 Å². The maximum Gasteiger partial charge on any atom is 0.301 e. The number of benzene rings is 1. The van der Waals surface area contributed by atoms with E-state index in [0.717, 1.165) is 11.4 Å². The van der Waals surface area contributed by atoms with Crippen LogP contribution in [0.15, 0.2) is 24.3 Å². The number of hydrogen-bond acceptors (Lipinski definition) is 2. The molecule has 0 radical (unpaired) electrons. The summed E-state index contributed by atoms with van der Waals surface area (Å²) in [6.45, 7) is 0. The fourth-order valence-electron chi connectivity index (χ4n) is 1.07. The number of hydrogen-bond donors (Lipinski definition) is 1. The summed E-state index contributed by atoms with van der Waals surface area (Å²) in [6.07, 6.45) is 0. The molecule has 1 amide bonds. The summed E-state index contributed by atoms with van der Waals surface area (Å²) in [5.41, 5.74) is 1.76. The van der Waals surface area contributed by atoms with Crippen LogP contribution in [0.1, 0.15) is 0 Å². The zero-order valence-corrected chi connectivity index (χ0v) is 10.1. The van der Waals surface area contributed by atoms with Gasteiger partial charge in [-0.2, -0.15) is 0 Å². The minimum absolute atomic E-state index is 0.331. The zero-order valence-electron chi connectivity index (χ0n) is 8.54. The number of nitrogens with zero attached hydrogens (tertiary/aromatic N) is 1. The van der Waals surface area contributed by atoms with Gasteiger partial charge < -0.3 is 10.2 Å². The third-order valence-electron chi connectivity index (χ3n) is 1.78. The van der Waals surface area contributed by atoms with Crippen molar-refractivity contribution in [1.29, 1.82) is 0 Å². The topological polar surface area (TPSA) is 32.3 Å². The monoisotopic (exact) mass is 266 g/mol. The van der Waals surface area contributed by atoms with E-state index in [9.17, 15) is 4.79 Å². The number of halogens is 1. The lowest BCUT2D eigenvalue weighted by molar-refractivity contribution is -0.111. The minimum atomic E-state index is -0.331. The summed E-state index contributed by atoms with van der Waals surface area (Å²) in [4.78, 5) is 15.5. The van der Waals surface area contributed by atoms with Crippen LogP contribution < -0.4 is 10.2 Å². The average Bonchev–Trinajstić information content (AvgIpc) is 2.18. The average molecular weight is 267 g/mol. The molecule has 0 heterocycles. The van der Waals surface area contributed by atoms with Gasteiger partial charge in [-0.3, -0.25) is 4.79 Å². The van der Waals surface area contributed by atoms with Gasteiger partial charge in [0.25, 0.3) is 0 Å². The van der Waals surface area contributed by atoms with Gasteiger partial charge in [-0.15, -0.1) is 0 Å². The van der Waals surface area contributed by atoms with Crippen LogP contribution in [-0.4, -0.2) is 20.0 Å². The van der Waals surface area contributed by atoms with Crippen molar-refractivity contribution in [3.63, 3.8) is 0 Å². The molecule has 1 aromatic rings. The molecule has 0 saturated heterocycles. The van der Waals surface area contributed by atoms with Crippen molar-refractivity contribution >= 4 is 33.2 Å². The van der Waals surface area contributed by atoms with Crippen molar-refractivity contribution in [2.45, 2.75) is 0 Å². The molecule has 0 atom stereocenters. The van der Waals surface area contributed by atoms with Gasteiger partial charge in [0, 0.05) is 47.3 Å². The molecule has 0 aliphatic carbocycles. The van der Waals surface area contributed by atoms with E-state index in [1.165, 1.54) is 0 Å². The Kier molecular flexibility index (Phi) is 4.19. The van der Waals surface area contributed by atoms with Crippen LogP contribution in [0.2, 0.25) is 0 Å². The Labute approximate surface area is 97.6 Å². The molecule has 1 aromatic carbocycles. The number of rotatable bonds is 2. The molecule has 1 N–H and O–H groups in total. The van der Waals surface area contributed by atoms with E-state index in [1.807, 2.05) is 43.3 Å². The molecule has 0 spiro atoms. The Morgan fingerprint density at radius 1 is 1.47 bits per heavy atom. The second-order valence-electron chi connectivity index (χ2n) is 3.12. The van der Waals surface area contributed by atoms with Gasteiger partial charge in [0.1, 0.15) is 0 Å². The van der Waals surface area contributed by atoms with E-state index < -0.39 is 0 Å². The molecule has 78 valence electrons. The van der Waals surface area contributed by atoms with Crippen molar-refractivity contribution in [2.75, 3.05) is 24.3 Å². The second kappa shape index (κ2) is 5.42. The molecule has 0 fully saturated rings. The van der Waals surface area contributed by atoms with E-state index in [0.29, 0.717) is 0 Å². The van der Waals surface area contributed by atoms with E-state index in [-0.39, 0.29) is 5.91 Å². The highest BCUT2D eigenvalue weighted by Crippen LogP contribution is 2.16. The van der Waals surface area contributed by atoms with Gasteiger partial charge in [0.05, 0.1) is 0 Å². The van der Waals surface area contributed by atoms with Crippen LogP contribution in [-0.2, 0) is 4.79 Å². The molecule has 1 rings (SSSR count). The number of amides is 1. The minimum Gasteiger partial charge on any atom is -0.378 e. The van der Waals surface area contributed by atoms with E-state index >= 15 is 0 Å². The summed E-state index contributed by atoms with van der Waals surface area (Å²) in [5.74, 6) is 2.01. The lowest BCUT2D eigenvalue weighted by Gasteiger charge is -2.13. The lowest BCUT2D eigenvalue weighted by atomic mass is 10.2. The molecule has 0 aliphatic heterocycles. The Hall–Kier alpha value is -1.47. The molecular formula is C11H11BrN2O. The zero-order chi connectivity index (χ0) is 11.3. The van der Waals surface area contributed by atoms with Gasteiger partial charge >= 0.3 is 5.91 Å². The third-order valence-corrected chi connectivity index (χ3v) is 1.98. The van der Waals surface area contributed by atoms with Crippen LogP contribution in [0.5, 0.6) is 0 Å². The van der Waals surface area contributed by atoms with Crippen molar-refractivity contribution < 1.29 is 4.79 Å². The fourth-order valence-corrected chi connectivity index (χ4v) is 1.25. The summed E-state index contributed by atoms with van der Waals surface area (Å²) in [6, 6.07) is 7.55. The largest absolute Gasteiger partial charge is 0.378 e. The first-order valence-corrected chi connectivity index (χ1v) is 5.13. The van der Waals surface area contributed by atoms with Crippen LogP contribution in [0, 0.1) is 10.8 Å². The number of anilines is 2. The summed E-state index contributed by atoms with van der Waals surface area (Å²) >= 11 is 2.87. The molecule has 0 saturated carbocycles. The maximum atomic E-state index is 11.2. The van der Waals surface area contributed by atoms with Crippen molar-refractivity contribution in [3.05, 3.63) is 24.3 Å². The Balaban J connectivity index is 2.81. The fraction of sp³-hybridized carbons (Fsp3) is 0.182. The predicted octanol–water partition coefficient (Wildman–Crippen LogP) is 2.05. The van der Waals surface area contributed by atoms with Crippen LogP contribution >= 0.6 is 15.9 Å². The quantitative estimate of drug-likeness (QED) is 0.832. The van der Waals surface area contributed by atoms with Crippen molar-refractivity contribution in [2.24, 2.45) is 0 Å². The van der Waals surface area contributed by atoms with E-state index in [1.54, 1.807) is 0 Å². The lowest BCUT2D eigenvalue weighted by Crippen LogP contribution is -2.11. The number of nitrogens with one attached hydrogen (secondary N) is 1. The highest BCUT2D eigenvalue weighted by Gasteiger charge is 2.00. The van der Waals surface area contributed by atoms with Gasteiger partial charge in [0.2, 0.25) is 0 Å². The molecule has 0 bridgehead atoms. The van der Waals surface area contributed by atoms with Crippen LogP contribution in [0.25, 0.3) is 0 Å². The first-order chi connectivity index (χ1) is 7.13. The summed E-state index contributed by atoms with van der Waals surface area (Å²) < 4.78 is 0. The SMILES string of the molecule is CN(C)c1cccc(NC(=O)C#CBr)c1. The molecule has 15 heavy (non-hydrogen) atoms. The third kappa shape index (κ3) is 3.64. The number of carbonyl (C=O) groups is 1. The molecular weight excluding hydrogens is 256 g/mol. The molecule has 0 aliphatic rings. The van der Waals surface area contributed by atoms with Gasteiger partial charge in [-0.1, -0.05) is 6.07 Å². The highest BCUT2D eigenvalue weighted by molar-refractivity contribution is 9.12. The summed E-state index contributed by atoms with van der Waals surface area (Å²) in [5, 5.41) is 2.67. The van der Waals surface area contributed by atoms with Gasteiger partial charge in [-0.25, -0.2) is 0 Å².